The monoisotopic (exact) mass is 137 g/mol. The quantitative estimate of drug-likeness (QED) is 0.527. The van der Waals surface area contributed by atoms with Crippen LogP contribution in [0.3, 0.4) is 0 Å². The summed E-state index contributed by atoms with van der Waals surface area (Å²) in [7, 11) is 0. The number of benzene rings is 1. The highest BCUT2D eigenvalue weighted by Gasteiger charge is 1.95. The van der Waals surface area contributed by atoms with E-state index >= 15 is 0 Å². The van der Waals surface area contributed by atoms with Gasteiger partial charge in [-0.25, -0.2) is 4.39 Å². The highest BCUT2D eigenvalue weighted by atomic mass is 19.1. The van der Waals surface area contributed by atoms with Gasteiger partial charge in [0, 0.05) is 0 Å². The van der Waals surface area contributed by atoms with E-state index in [0.717, 1.165) is 0 Å². The SMILES string of the molecule is C=Nc1ccc(F)c(C)c1. The molecule has 0 heterocycles. The average Bonchev–Trinajstić information content (AvgIpc) is 1.95. The number of hydrogen-bond acceptors (Lipinski definition) is 1. The molecule has 0 N–H and O–H groups in total. The maximum Gasteiger partial charge on any atom is 0.126 e. The van der Waals surface area contributed by atoms with E-state index in [0.29, 0.717) is 11.3 Å². The summed E-state index contributed by atoms with van der Waals surface area (Å²) in [5.41, 5.74) is 1.31. The maximum absolute atomic E-state index is 12.6. The molecule has 0 fully saturated rings. The van der Waals surface area contributed by atoms with Gasteiger partial charge in [0.05, 0.1) is 5.69 Å². The average molecular weight is 137 g/mol. The number of rotatable bonds is 1. The van der Waals surface area contributed by atoms with Crippen LogP contribution in [-0.2, 0) is 0 Å². The van der Waals surface area contributed by atoms with Gasteiger partial charge in [0.1, 0.15) is 5.82 Å². The molecule has 2 heteroatoms. The van der Waals surface area contributed by atoms with Crippen molar-refractivity contribution in [1.82, 2.24) is 0 Å². The molecule has 1 aromatic carbocycles. The zero-order chi connectivity index (χ0) is 7.56. The summed E-state index contributed by atoms with van der Waals surface area (Å²) < 4.78 is 12.6. The van der Waals surface area contributed by atoms with Crippen molar-refractivity contribution in [3.05, 3.63) is 29.6 Å². The molecule has 0 unspecified atom stereocenters. The van der Waals surface area contributed by atoms with Gasteiger partial charge in [-0.15, -0.1) is 0 Å². The molecule has 0 aliphatic rings. The minimum atomic E-state index is -0.201. The minimum Gasteiger partial charge on any atom is -0.265 e. The number of aliphatic imine (C=N–C) groups is 1. The smallest absolute Gasteiger partial charge is 0.126 e. The molecule has 1 nitrogen and oxygen atoms in total. The fourth-order valence-corrected chi connectivity index (χ4v) is 0.727. The molecule has 52 valence electrons. The molecule has 0 bridgehead atoms. The predicted octanol–water partition coefficient (Wildman–Crippen LogP) is 2.47. The lowest BCUT2D eigenvalue weighted by molar-refractivity contribution is 0.618. The van der Waals surface area contributed by atoms with Gasteiger partial charge in [-0.3, -0.25) is 4.99 Å². The van der Waals surface area contributed by atoms with Crippen LogP contribution in [0.4, 0.5) is 10.1 Å². The Morgan fingerprint density at radius 2 is 2.20 bits per heavy atom. The third-order valence-electron chi connectivity index (χ3n) is 1.32. The van der Waals surface area contributed by atoms with Crippen molar-refractivity contribution in [2.45, 2.75) is 6.92 Å². The first-order valence-electron chi connectivity index (χ1n) is 2.97. The van der Waals surface area contributed by atoms with Crippen molar-refractivity contribution in [3.8, 4) is 0 Å². The van der Waals surface area contributed by atoms with E-state index in [9.17, 15) is 4.39 Å². The van der Waals surface area contributed by atoms with Crippen LogP contribution in [0.1, 0.15) is 5.56 Å². The largest absolute Gasteiger partial charge is 0.265 e. The summed E-state index contributed by atoms with van der Waals surface area (Å²) in [5.74, 6) is -0.201. The second-order valence-electron chi connectivity index (χ2n) is 2.09. The fourth-order valence-electron chi connectivity index (χ4n) is 0.727. The van der Waals surface area contributed by atoms with Gasteiger partial charge >= 0.3 is 0 Å². The molecule has 0 amide bonds. The standard InChI is InChI=1S/C8H8FN/c1-6-5-7(10-2)3-4-8(6)9/h3-5H,2H2,1H3. The molecule has 0 atom stereocenters. The molecule has 1 rings (SSSR count). The van der Waals surface area contributed by atoms with Crippen molar-refractivity contribution in [1.29, 1.82) is 0 Å². The van der Waals surface area contributed by atoms with Gasteiger partial charge in [0.25, 0.3) is 0 Å². The summed E-state index contributed by atoms with van der Waals surface area (Å²) in [5, 5.41) is 0. The fraction of sp³-hybridized carbons (Fsp3) is 0.125. The van der Waals surface area contributed by atoms with E-state index in [4.69, 9.17) is 0 Å². The number of hydrogen-bond donors (Lipinski definition) is 0. The predicted molar refractivity (Wildman–Crippen MR) is 40.3 cm³/mol. The Labute approximate surface area is 59.2 Å². The van der Waals surface area contributed by atoms with Crippen LogP contribution >= 0.6 is 0 Å². The Hall–Kier alpha value is -1.18. The van der Waals surface area contributed by atoms with Crippen LogP contribution in [0, 0.1) is 12.7 Å². The zero-order valence-electron chi connectivity index (χ0n) is 5.76. The molecule has 0 aromatic heterocycles. The topological polar surface area (TPSA) is 12.4 Å². The van der Waals surface area contributed by atoms with E-state index < -0.39 is 0 Å². The van der Waals surface area contributed by atoms with Crippen molar-refractivity contribution in [2.24, 2.45) is 4.99 Å². The highest BCUT2D eigenvalue weighted by Crippen LogP contribution is 2.15. The minimum absolute atomic E-state index is 0.201. The Balaban J connectivity index is 3.16. The highest BCUT2D eigenvalue weighted by molar-refractivity contribution is 5.46. The maximum atomic E-state index is 12.6. The van der Waals surface area contributed by atoms with Crippen LogP contribution in [-0.4, -0.2) is 6.72 Å². The summed E-state index contributed by atoms with van der Waals surface area (Å²) >= 11 is 0. The van der Waals surface area contributed by atoms with Gasteiger partial charge in [-0.2, -0.15) is 0 Å². The van der Waals surface area contributed by atoms with E-state index in [2.05, 4.69) is 11.7 Å². The van der Waals surface area contributed by atoms with Gasteiger partial charge < -0.3 is 0 Å². The third-order valence-corrected chi connectivity index (χ3v) is 1.32. The van der Waals surface area contributed by atoms with Crippen LogP contribution in [0.25, 0.3) is 0 Å². The van der Waals surface area contributed by atoms with Crippen LogP contribution in [0.15, 0.2) is 23.2 Å². The summed E-state index contributed by atoms with van der Waals surface area (Å²) in [6.07, 6.45) is 0. The molecule has 0 aliphatic heterocycles. The second kappa shape index (κ2) is 2.60. The Morgan fingerprint density at radius 3 is 2.70 bits per heavy atom. The lowest BCUT2D eigenvalue weighted by atomic mass is 10.2. The third kappa shape index (κ3) is 1.21. The molecular weight excluding hydrogens is 129 g/mol. The van der Waals surface area contributed by atoms with Gasteiger partial charge in [-0.1, -0.05) is 0 Å². The van der Waals surface area contributed by atoms with Gasteiger partial charge in [0.2, 0.25) is 0 Å². The Kier molecular flexibility index (Phi) is 1.81. The van der Waals surface area contributed by atoms with Gasteiger partial charge in [0.15, 0.2) is 0 Å². The Morgan fingerprint density at radius 1 is 1.50 bits per heavy atom. The number of halogens is 1. The summed E-state index contributed by atoms with van der Waals surface area (Å²) in [6, 6.07) is 4.64. The van der Waals surface area contributed by atoms with Crippen molar-refractivity contribution in [3.63, 3.8) is 0 Å². The lowest BCUT2D eigenvalue weighted by Gasteiger charge is -1.95. The second-order valence-corrected chi connectivity index (χ2v) is 2.09. The molecule has 1 aromatic rings. The number of aryl methyl sites for hydroxylation is 1. The van der Waals surface area contributed by atoms with E-state index in [-0.39, 0.29) is 5.82 Å². The normalized spacial score (nSPS) is 9.40. The van der Waals surface area contributed by atoms with Crippen molar-refractivity contribution in [2.75, 3.05) is 0 Å². The van der Waals surface area contributed by atoms with Gasteiger partial charge in [-0.05, 0) is 37.4 Å². The molecular formula is C8H8FN. The van der Waals surface area contributed by atoms with Crippen LogP contribution < -0.4 is 0 Å². The summed E-state index contributed by atoms with van der Waals surface area (Å²) in [6.45, 7) is 5.03. The molecule has 0 spiro atoms. The molecule has 0 radical (unpaired) electrons. The molecule has 0 saturated heterocycles. The summed E-state index contributed by atoms with van der Waals surface area (Å²) in [4.78, 5) is 3.66. The van der Waals surface area contributed by atoms with E-state index in [1.54, 1.807) is 19.1 Å². The Bertz CT molecular complexity index is 255. The lowest BCUT2D eigenvalue weighted by Crippen LogP contribution is -1.78. The van der Waals surface area contributed by atoms with Crippen LogP contribution in [0.2, 0.25) is 0 Å². The zero-order valence-corrected chi connectivity index (χ0v) is 5.76. The molecule has 0 saturated carbocycles. The van der Waals surface area contributed by atoms with Crippen LogP contribution in [0.5, 0.6) is 0 Å². The van der Waals surface area contributed by atoms with Crippen molar-refractivity contribution >= 4 is 12.4 Å². The van der Waals surface area contributed by atoms with E-state index in [1.165, 1.54) is 6.07 Å². The molecule has 10 heavy (non-hydrogen) atoms. The van der Waals surface area contributed by atoms with Crippen molar-refractivity contribution < 1.29 is 4.39 Å². The molecule has 0 aliphatic carbocycles. The first-order chi connectivity index (χ1) is 4.74. The van der Waals surface area contributed by atoms with E-state index in [1.807, 2.05) is 0 Å². The number of nitrogens with zero attached hydrogens (tertiary/aromatic N) is 1. The first kappa shape index (κ1) is 6.93. The first-order valence-corrected chi connectivity index (χ1v) is 2.97.